The van der Waals surface area contributed by atoms with E-state index in [0.717, 1.165) is 23.3 Å². The smallest absolute Gasteiger partial charge is 0.123 e. The molecule has 3 rings (SSSR count). The number of nitrogens with one attached hydrogen (secondary N) is 1. The highest BCUT2D eigenvalue weighted by molar-refractivity contribution is 5.85. The van der Waals surface area contributed by atoms with Gasteiger partial charge >= 0.3 is 0 Å². The summed E-state index contributed by atoms with van der Waals surface area (Å²) in [5, 5.41) is 15.0. The lowest BCUT2D eigenvalue weighted by molar-refractivity contribution is -0.0248. The Morgan fingerprint density at radius 2 is 1.97 bits per heavy atom. The number of hydrogen-bond donors (Lipinski definition) is 2. The van der Waals surface area contributed by atoms with E-state index in [4.69, 9.17) is 9.47 Å². The number of benzene rings is 2. The second-order valence-electron chi connectivity index (χ2n) is 9.04. The Kier molecular flexibility index (Phi) is 9.96. The Labute approximate surface area is 197 Å². The molecular weight excluding hydrogens is 429 g/mol. The van der Waals surface area contributed by atoms with Gasteiger partial charge in [-0.2, -0.15) is 0 Å². The zero-order chi connectivity index (χ0) is 22.4. The van der Waals surface area contributed by atoms with Gasteiger partial charge in [-0.15, -0.1) is 12.4 Å². The van der Waals surface area contributed by atoms with Gasteiger partial charge in [0.2, 0.25) is 0 Å². The first-order chi connectivity index (χ1) is 14.9. The van der Waals surface area contributed by atoms with Gasteiger partial charge in [0, 0.05) is 19.6 Å². The average molecular weight is 466 g/mol. The minimum atomic E-state index is -0.790. The molecule has 2 aromatic carbocycles. The fourth-order valence-corrected chi connectivity index (χ4v) is 5.02. The van der Waals surface area contributed by atoms with Crippen molar-refractivity contribution in [3.05, 3.63) is 65.0 Å². The minimum Gasteiger partial charge on any atom is -0.497 e. The zero-order valence-corrected chi connectivity index (χ0v) is 20.4. The van der Waals surface area contributed by atoms with Crippen molar-refractivity contribution >= 4 is 12.4 Å². The van der Waals surface area contributed by atoms with Gasteiger partial charge in [-0.05, 0) is 79.1 Å². The van der Waals surface area contributed by atoms with E-state index in [9.17, 15) is 9.50 Å². The summed E-state index contributed by atoms with van der Waals surface area (Å²) in [4.78, 5) is 0. The first-order valence-corrected chi connectivity index (χ1v) is 11.2. The SMILES string of the molecule is COc1cccc(CC(CNCCC2(O)CCc3cc(F)ccc3C2C(C)C)OC)c1.Cl. The Hall–Kier alpha value is -1.66. The van der Waals surface area contributed by atoms with Crippen molar-refractivity contribution in [1.82, 2.24) is 5.32 Å². The summed E-state index contributed by atoms with van der Waals surface area (Å²) < 4.78 is 24.6. The fraction of sp³-hybridized carbons (Fsp3) is 0.538. The van der Waals surface area contributed by atoms with Gasteiger partial charge in [0.25, 0.3) is 0 Å². The van der Waals surface area contributed by atoms with Crippen LogP contribution < -0.4 is 10.1 Å². The number of fused-ring (bicyclic) bond motifs is 1. The summed E-state index contributed by atoms with van der Waals surface area (Å²) in [6.07, 6.45) is 2.85. The molecular formula is C26H37ClFNO3. The molecule has 0 heterocycles. The molecule has 0 saturated carbocycles. The molecule has 1 aliphatic rings. The normalized spacial score (nSPS) is 21.0. The van der Waals surface area contributed by atoms with E-state index in [1.807, 2.05) is 24.3 Å². The second kappa shape index (κ2) is 12.0. The molecule has 0 fully saturated rings. The van der Waals surface area contributed by atoms with E-state index in [1.54, 1.807) is 20.3 Å². The Bertz CT molecular complexity index is 863. The van der Waals surface area contributed by atoms with Crippen LogP contribution >= 0.6 is 12.4 Å². The quantitative estimate of drug-likeness (QED) is 0.489. The molecule has 6 heteroatoms. The van der Waals surface area contributed by atoms with Crippen LogP contribution in [-0.2, 0) is 17.6 Å². The maximum Gasteiger partial charge on any atom is 0.123 e. The number of hydrogen-bond acceptors (Lipinski definition) is 4. The number of aryl methyl sites for hydroxylation is 1. The summed E-state index contributed by atoms with van der Waals surface area (Å²) in [5.74, 6) is 0.928. The second-order valence-corrected chi connectivity index (χ2v) is 9.04. The Morgan fingerprint density at radius 3 is 2.66 bits per heavy atom. The Balaban J connectivity index is 0.00000363. The molecule has 32 heavy (non-hydrogen) atoms. The van der Waals surface area contributed by atoms with Gasteiger partial charge in [0.1, 0.15) is 11.6 Å². The third kappa shape index (κ3) is 6.44. The van der Waals surface area contributed by atoms with Crippen LogP contribution in [0.2, 0.25) is 0 Å². The molecule has 2 N–H and O–H groups in total. The lowest BCUT2D eigenvalue weighted by atomic mass is 9.66. The number of halogens is 2. The van der Waals surface area contributed by atoms with E-state index in [2.05, 4.69) is 25.2 Å². The van der Waals surface area contributed by atoms with Crippen molar-refractivity contribution in [1.29, 1.82) is 0 Å². The average Bonchev–Trinajstić information content (AvgIpc) is 2.75. The molecule has 0 radical (unpaired) electrons. The summed E-state index contributed by atoms with van der Waals surface area (Å²) >= 11 is 0. The highest BCUT2D eigenvalue weighted by Gasteiger charge is 2.42. The molecule has 4 nitrogen and oxygen atoms in total. The van der Waals surface area contributed by atoms with Crippen LogP contribution in [0.1, 0.15) is 49.3 Å². The van der Waals surface area contributed by atoms with Crippen molar-refractivity contribution in [2.45, 2.75) is 57.2 Å². The molecule has 178 valence electrons. The zero-order valence-electron chi connectivity index (χ0n) is 19.6. The van der Waals surface area contributed by atoms with Crippen LogP contribution in [0, 0.1) is 11.7 Å². The summed E-state index contributed by atoms with van der Waals surface area (Å²) in [6, 6.07) is 13.0. The fourth-order valence-electron chi connectivity index (χ4n) is 5.02. The lowest BCUT2D eigenvalue weighted by Gasteiger charge is -2.44. The van der Waals surface area contributed by atoms with E-state index in [0.29, 0.717) is 32.4 Å². The van der Waals surface area contributed by atoms with Gasteiger partial charge in [-0.1, -0.05) is 32.0 Å². The van der Waals surface area contributed by atoms with E-state index in [1.165, 1.54) is 11.6 Å². The molecule has 0 bridgehead atoms. The number of methoxy groups -OCH3 is 2. The van der Waals surface area contributed by atoms with Crippen molar-refractivity contribution in [2.24, 2.45) is 5.92 Å². The van der Waals surface area contributed by atoms with Crippen molar-refractivity contribution in [3.63, 3.8) is 0 Å². The number of rotatable bonds is 10. The molecule has 0 saturated heterocycles. The summed E-state index contributed by atoms with van der Waals surface area (Å²) in [5.41, 5.74) is 2.51. The van der Waals surface area contributed by atoms with Gasteiger partial charge in [0.15, 0.2) is 0 Å². The summed E-state index contributed by atoms with van der Waals surface area (Å²) in [7, 11) is 3.40. The van der Waals surface area contributed by atoms with Crippen LogP contribution in [0.4, 0.5) is 4.39 Å². The van der Waals surface area contributed by atoms with Crippen molar-refractivity contribution in [3.8, 4) is 5.75 Å². The minimum absolute atomic E-state index is 0. The maximum atomic E-state index is 13.7. The number of ether oxygens (including phenoxy) is 2. The van der Waals surface area contributed by atoms with Gasteiger partial charge in [-0.25, -0.2) is 4.39 Å². The van der Waals surface area contributed by atoms with E-state index >= 15 is 0 Å². The monoisotopic (exact) mass is 465 g/mol. The topological polar surface area (TPSA) is 50.7 Å². The van der Waals surface area contributed by atoms with Crippen molar-refractivity contribution < 1.29 is 19.0 Å². The van der Waals surface area contributed by atoms with Gasteiger partial charge in [0.05, 0.1) is 18.8 Å². The predicted octanol–water partition coefficient (Wildman–Crippen LogP) is 4.91. The molecule has 2 aromatic rings. The van der Waals surface area contributed by atoms with Crippen LogP contribution in [-0.4, -0.2) is 44.1 Å². The standard InChI is InChI=1S/C26H36FNO3.ClH/c1-18(2)25-24-9-8-21(27)16-20(24)10-11-26(25,29)12-13-28-17-23(31-4)15-19-6-5-7-22(14-19)30-3;/h5-9,14,16,18,23,25,28-29H,10-13,15,17H2,1-4H3;1H. The third-order valence-electron chi connectivity index (χ3n) is 6.55. The van der Waals surface area contributed by atoms with Crippen LogP contribution in [0.15, 0.2) is 42.5 Å². The molecule has 3 atom stereocenters. The maximum absolute atomic E-state index is 13.7. The largest absolute Gasteiger partial charge is 0.497 e. The number of aliphatic hydroxyl groups is 1. The third-order valence-corrected chi connectivity index (χ3v) is 6.55. The Morgan fingerprint density at radius 1 is 1.19 bits per heavy atom. The van der Waals surface area contributed by atoms with Crippen LogP contribution in [0.3, 0.4) is 0 Å². The predicted molar refractivity (Wildman–Crippen MR) is 129 cm³/mol. The van der Waals surface area contributed by atoms with E-state index < -0.39 is 5.60 Å². The highest BCUT2D eigenvalue weighted by Crippen LogP contribution is 2.45. The summed E-state index contributed by atoms with van der Waals surface area (Å²) in [6.45, 7) is 5.68. The van der Waals surface area contributed by atoms with Crippen LogP contribution in [0.25, 0.3) is 0 Å². The van der Waals surface area contributed by atoms with Gasteiger partial charge in [-0.3, -0.25) is 0 Å². The molecule has 0 aromatic heterocycles. The first kappa shape index (κ1) is 26.6. The molecule has 1 aliphatic carbocycles. The lowest BCUT2D eigenvalue weighted by Crippen LogP contribution is -2.45. The molecule has 0 amide bonds. The molecule has 0 spiro atoms. The van der Waals surface area contributed by atoms with Gasteiger partial charge < -0.3 is 19.9 Å². The first-order valence-electron chi connectivity index (χ1n) is 11.2. The van der Waals surface area contributed by atoms with Crippen molar-refractivity contribution in [2.75, 3.05) is 27.3 Å². The van der Waals surface area contributed by atoms with E-state index in [-0.39, 0.29) is 36.2 Å². The molecule has 0 aliphatic heterocycles. The highest BCUT2D eigenvalue weighted by atomic mass is 35.5. The molecule has 3 unspecified atom stereocenters. The van der Waals surface area contributed by atoms with Crippen LogP contribution in [0.5, 0.6) is 5.75 Å².